The van der Waals surface area contributed by atoms with E-state index in [0.717, 1.165) is 0 Å². The van der Waals surface area contributed by atoms with E-state index in [1.165, 1.54) is 0 Å². The van der Waals surface area contributed by atoms with E-state index < -0.39 is 35.3 Å². The van der Waals surface area contributed by atoms with E-state index >= 15 is 0 Å². The molecule has 13 heteroatoms. The zero-order chi connectivity index (χ0) is 22.3. The minimum Gasteiger partial charge on any atom is -0.480 e. The number of halogens is 4. The Morgan fingerprint density at radius 2 is 1.45 bits per heavy atom. The van der Waals surface area contributed by atoms with Crippen LogP contribution in [0.5, 0.6) is 0 Å². The zero-order valence-corrected chi connectivity index (χ0v) is 17.9. The van der Waals surface area contributed by atoms with Crippen LogP contribution in [0.4, 0.5) is 0 Å². The monoisotopic (exact) mass is 486 g/mol. The molecule has 1 aromatic rings. The van der Waals surface area contributed by atoms with Crippen LogP contribution in [-0.2, 0) is 9.59 Å². The number of aliphatic carboxylic acids is 1. The smallest absolute Gasteiger partial charge is 0.326 e. The van der Waals surface area contributed by atoms with E-state index in [2.05, 4.69) is 10.6 Å². The van der Waals surface area contributed by atoms with Gasteiger partial charge in [-0.05, 0) is 19.4 Å². The van der Waals surface area contributed by atoms with Crippen LogP contribution in [0, 0.1) is 0 Å². The average Bonchev–Trinajstić information content (AvgIpc) is 2.65. The van der Waals surface area contributed by atoms with Crippen LogP contribution in [0.1, 0.15) is 40.0 Å². The fourth-order valence-corrected chi connectivity index (χ4v) is 3.25. The van der Waals surface area contributed by atoms with Crippen molar-refractivity contribution in [2.45, 2.75) is 25.3 Å². The van der Waals surface area contributed by atoms with Gasteiger partial charge in [-0.15, -0.1) is 0 Å². The van der Waals surface area contributed by atoms with Crippen molar-refractivity contribution in [2.24, 2.45) is 11.5 Å². The summed E-state index contributed by atoms with van der Waals surface area (Å²) in [5, 5.41) is 12.7. The number of carboxylic acids is 1. The summed E-state index contributed by atoms with van der Waals surface area (Å²) in [4.78, 5) is 47.6. The fraction of sp³-hybridized carbons (Fsp3) is 0.375. The lowest BCUT2D eigenvalue weighted by molar-refractivity contribution is -0.139. The summed E-state index contributed by atoms with van der Waals surface area (Å²) in [5.41, 5.74) is 9.55. The predicted molar refractivity (Wildman–Crippen MR) is 110 cm³/mol. The number of carbonyl (C=O) groups excluding carboxylic acids is 3. The minimum atomic E-state index is -1.48. The summed E-state index contributed by atoms with van der Waals surface area (Å²) >= 11 is 24.2. The molecule has 0 heterocycles. The molecular weight excluding hydrogens is 470 g/mol. The normalized spacial score (nSPS) is 11.6. The van der Waals surface area contributed by atoms with Crippen LogP contribution in [0.15, 0.2) is 0 Å². The maximum Gasteiger partial charge on any atom is 0.326 e. The molecule has 0 aliphatic carbocycles. The van der Waals surface area contributed by atoms with E-state index in [1.54, 1.807) is 0 Å². The van der Waals surface area contributed by atoms with Crippen LogP contribution >= 0.6 is 46.4 Å². The Hall–Kier alpha value is -1.78. The van der Waals surface area contributed by atoms with Crippen molar-refractivity contribution < 1.29 is 24.3 Å². The van der Waals surface area contributed by atoms with Crippen LogP contribution in [0.3, 0.4) is 0 Å². The van der Waals surface area contributed by atoms with E-state index in [4.69, 9.17) is 57.9 Å². The Bertz CT molecular complexity index is 834. The number of hydrogen-bond donors (Lipinski definition) is 5. The molecule has 29 heavy (non-hydrogen) atoms. The lowest BCUT2D eigenvalue weighted by atomic mass is 10.0. The molecule has 0 unspecified atom stereocenters. The second kappa shape index (κ2) is 11.4. The molecule has 0 aliphatic heterocycles. The van der Waals surface area contributed by atoms with Crippen molar-refractivity contribution in [2.75, 3.05) is 13.1 Å². The number of hydrogen-bond acceptors (Lipinski definition) is 5. The van der Waals surface area contributed by atoms with Crippen molar-refractivity contribution in [3.63, 3.8) is 0 Å². The van der Waals surface area contributed by atoms with E-state index in [1.807, 2.05) is 0 Å². The highest BCUT2D eigenvalue weighted by molar-refractivity contribution is 6.54. The first-order valence-electron chi connectivity index (χ1n) is 8.19. The van der Waals surface area contributed by atoms with Gasteiger partial charge in [0.05, 0.1) is 31.2 Å². The summed E-state index contributed by atoms with van der Waals surface area (Å²) in [6, 6.07) is -1.48. The second-order valence-corrected chi connectivity index (χ2v) is 7.29. The van der Waals surface area contributed by atoms with Crippen molar-refractivity contribution in [3.8, 4) is 0 Å². The summed E-state index contributed by atoms with van der Waals surface area (Å²) in [6.07, 6.45) is -0.116. The van der Waals surface area contributed by atoms with Crippen molar-refractivity contribution in [3.05, 3.63) is 31.2 Å². The largest absolute Gasteiger partial charge is 0.480 e. The van der Waals surface area contributed by atoms with E-state index in [9.17, 15) is 24.3 Å². The summed E-state index contributed by atoms with van der Waals surface area (Å²) in [5.74, 6) is -3.99. The van der Waals surface area contributed by atoms with Gasteiger partial charge in [0.1, 0.15) is 6.04 Å². The van der Waals surface area contributed by atoms with Gasteiger partial charge in [0.15, 0.2) is 0 Å². The number of benzene rings is 1. The van der Waals surface area contributed by atoms with Gasteiger partial charge in [-0.3, -0.25) is 14.4 Å². The Kier molecular flexibility index (Phi) is 9.94. The van der Waals surface area contributed by atoms with Crippen molar-refractivity contribution in [1.29, 1.82) is 0 Å². The standard InChI is InChI=1S/C16H18Cl4N4O5/c17-10-8(14(26)23-5-1-4-21)9(11(18)13(20)12(10)19)15(27)24-6(16(28)29)2-3-7(22)25/h6H,1-5,21H2,(H2,22,25)(H,23,26)(H,24,27)(H,28,29)/t6-/m0/s1. The van der Waals surface area contributed by atoms with Gasteiger partial charge >= 0.3 is 5.97 Å². The van der Waals surface area contributed by atoms with Gasteiger partial charge in [0, 0.05) is 13.0 Å². The highest BCUT2D eigenvalue weighted by Crippen LogP contribution is 2.41. The number of carboxylic acid groups (broad SMARTS) is 1. The first-order valence-corrected chi connectivity index (χ1v) is 9.70. The van der Waals surface area contributed by atoms with Crippen molar-refractivity contribution in [1.82, 2.24) is 10.6 Å². The highest BCUT2D eigenvalue weighted by atomic mass is 35.5. The number of nitrogens with one attached hydrogen (secondary N) is 2. The number of rotatable bonds is 10. The number of nitrogens with two attached hydrogens (primary N) is 2. The molecule has 9 nitrogen and oxygen atoms in total. The first-order chi connectivity index (χ1) is 13.5. The maximum atomic E-state index is 12.8. The van der Waals surface area contributed by atoms with Gasteiger partial charge in [-0.25, -0.2) is 4.79 Å². The maximum absolute atomic E-state index is 12.8. The van der Waals surface area contributed by atoms with Crippen LogP contribution in [0.2, 0.25) is 20.1 Å². The molecule has 0 aliphatic rings. The SMILES string of the molecule is NCCCNC(=O)c1c(Cl)c(Cl)c(Cl)c(Cl)c1C(=O)N[C@@H](CCC(N)=O)C(=O)O. The van der Waals surface area contributed by atoms with Gasteiger partial charge < -0.3 is 27.2 Å². The fourth-order valence-electron chi connectivity index (χ4n) is 2.22. The average molecular weight is 488 g/mol. The zero-order valence-electron chi connectivity index (χ0n) is 14.9. The lowest BCUT2D eigenvalue weighted by Crippen LogP contribution is -2.42. The molecule has 7 N–H and O–H groups in total. The molecule has 0 spiro atoms. The molecule has 0 bridgehead atoms. The second-order valence-electron chi connectivity index (χ2n) is 5.77. The van der Waals surface area contributed by atoms with E-state index in [0.29, 0.717) is 13.0 Å². The number of amides is 3. The minimum absolute atomic E-state index is 0.181. The van der Waals surface area contributed by atoms with E-state index in [-0.39, 0.29) is 45.0 Å². The molecule has 0 radical (unpaired) electrons. The third-order valence-electron chi connectivity index (χ3n) is 3.67. The summed E-state index contributed by atoms with van der Waals surface area (Å²) in [7, 11) is 0. The molecule has 0 aromatic heterocycles. The lowest BCUT2D eigenvalue weighted by Gasteiger charge is -2.19. The number of primary amides is 1. The molecular formula is C16H18Cl4N4O5. The molecule has 160 valence electrons. The van der Waals surface area contributed by atoms with Gasteiger partial charge in [-0.2, -0.15) is 0 Å². The highest BCUT2D eigenvalue weighted by Gasteiger charge is 2.31. The van der Waals surface area contributed by atoms with Crippen molar-refractivity contribution >= 4 is 70.1 Å². The topological polar surface area (TPSA) is 165 Å². The predicted octanol–water partition coefficient (Wildman–Crippen LogP) is 1.83. The Balaban J connectivity index is 3.36. The first kappa shape index (κ1) is 25.3. The third kappa shape index (κ3) is 6.61. The molecule has 1 atom stereocenters. The van der Waals surface area contributed by atoms with Gasteiger partial charge in [0.25, 0.3) is 11.8 Å². The summed E-state index contributed by atoms with van der Waals surface area (Å²) < 4.78 is 0. The Morgan fingerprint density at radius 3 is 1.90 bits per heavy atom. The molecule has 0 saturated heterocycles. The quantitative estimate of drug-likeness (QED) is 0.192. The molecule has 0 fully saturated rings. The van der Waals surface area contributed by atoms with Crippen LogP contribution in [-0.4, -0.2) is 47.9 Å². The molecule has 1 aromatic carbocycles. The van der Waals surface area contributed by atoms with Gasteiger partial charge in [0.2, 0.25) is 5.91 Å². The molecule has 1 rings (SSSR count). The Labute approximate surface area is 186 Å². The van der Waals surface area contributed by atoms with Crippen LogP contribution in [0.25, 0.3) is 0 Å². The molecule has 0 saturated carbocycles. The molecule has 3 amide bonds. The number of carbonyl (C=O) groups is 4. The third-order valence-corrected chi connectivity index (χ3v) is 5.47. The van der Waals surface area contributed by atoms with Crippen LogP contribution < -0.4 is 22.1 Å². The van der Waals surface area contributed by atoms with Gasteiger partial charge in [-0.1, -0.05) is 46.4 Å². The Morgan fingerprint density at radius 1 is 0.931 bits per heavy atom. The summed E-state index contributed by atoms with van der Waals surface area (Å²) in [6.45, 7) is 0.491.